The standard InChI is InChI=1S/C16H24N2O/c1-11-4-7-13(8-5-11)18(3)16(19)14-9-6-12(2)10-15(14)17/h6,9-11,13H,4-5,7-8,17H2,1-3H3. The number of benzene rings is 1. The van der Waals surface area contributed by atoms with Gasteiger partial charge >= 0.3 is 0 Å². The summed E-state index contributed by atoms with van der Waals surface area (Å²) in [6, 6.07) is 6.02. The Bertz CT molecular complexity index is 462. The molecule has 0 aromatic heterocycles. The number of hydrogen-bond donors (Lipinski definition) is 1. The molecule has 0 bridgehead atoms. The molecule has 1 aromatic rings. The first-order chi connectivity index (χ1) is 8.99. The first-order valence-corrected chi connectivity index (χ1v) is 7.12. The Kier molecular flexibility index (Phi) is 4.13. The predicted octanol–water partition coefficient (Wildman–Crippen LogP) is 3.23. The zero-order chi connectivity index (χ0) is 14.0. The van der Waals surface area contributed by atoms with Gasteiger partial charge in [0, 0.05) is 18.8 Å². The average molecular weight is 260 g/mol. The monoisotopic (exact) mass is 260 g/mol. The van der Waals surface area contributed by atoms with Crippen molar-refractivity contribution in [3.05, 3.63) is 29.3 Å². The minimum atomic E-state index is 0.0528. The van der Waals surface area contributed by atoms with E-state index in [4.69, 9.17) is 5.73 Å². The summed E-state index contributed by atoms with van der Waals surface area (Å²) in [5.74, 6) is 0.848. The summed E-state index contributed by atoms with van der Waals surface area (Å²) in [5.41, 5.74) is 8.27. The first-order valence-electron chi connectivity index (χ1n) is 7.12. The third kappa shape index (κ3) is 3.09. The zero-order valence-corrected chi connectivity index (χ0v) is 12.1. The van der Waals surface area contributed by atoms with Crippen LogP contribution in [0.1, 0.15) is 48.5 Å². The molecule has 1 saturated carbocycles. The van der Waals surface area contributed by atoms with Crippen LogP contribution < -0.4 is 5.73 Å². The van der Waals surface area contributed by atoms with Crippen molar-refractivity contribution in [3.8, 4) is 0 Å². The molecule has 0 saturated heterocycles. The summed E-state index contributed by atoms with van der Waals surface area (Å²) >= 11 is 0. The number of rotatable bonds is 2. The highest BCUT2D eigenvalue weighted by Crippen LogP contribution is 2.28. The first kappa shape index (κ1) is 13.9. The quantitative estimate of drug-likeness (QED) is 0.830. The highest BCUT2D eigenvalue weighted by atomic mass is 16.2. The Balaban J connectivity index is 2.10. The molecule has 1 amide bonds. The fourth-order valence-electron chi connectivity index (χ4n) is 2.86. The van der Waals surface area contributed by atoms with Gasteiger partial charge in [-0.2, -0.15) is 0 Å². The molecule has 0 atom stereocenters. The van der Waals surface area contributed by atoms with E-state index in [9.17, 15) is 4.79 Å². The lowest BCUT2D eigenvalue weighted by atomic mass is 9.86. The van der Waals surface area contributed by atoms with E-state index in [1.165, 1.54) is 12.8 Å². The lowest BCUT2D eigenvalue weighted by Crippen LogP contribution is -2.39. The fourth-order valence-corrected chi connectivity index (χ4v) is 2.86. The van der Waals surface area contributed by atoms with Crippen molar-refractivity contribution in [3.63, 3.8) is 0 Å². The maximum atomic E-state index is 12.5. The van der Waals surface area contributed by atoms with E-state index in [0.717, 1.165) is 24.3 Å². The van der Waals surface area contributed by atoms with E-state index < -0.39 is 0 Å². The van der Waals surface area contributed by atoms with E-state index in [0.29, 0.717) is 17.3 Å². The van der Waals surface area contributed by atoms with E-state index in [-0.39, 0.29) is 5.91 Å². The normalized spacial score (nSPS) is 23.1. The summed E-state index contributed by atoms with van der Waals surface area (Å²) in [7, 11) is 1.91. The minimum absolute atomic E-state index is 0.0528. The topological polar surface area (TPSA) is 46.3 Å². The predicted molar refractivity (Wildman–Crippen MR) is 79.1 cm³/mol. The molecule has 19 heavy (non-hydrogen) atoms. The van der Waals surface area contributed by atoms with Crippen LogP contribution in [0, 0.1) is 12.8 Å². The average Bonchev–Trinajstić information content (AvgIpc) is 2.38. The summed E-state index contributed by atoms with van der Waals surface area (Å²) in [5, 5.41) is 0. The van der Waals surface area contributed by atoms with Crippen LogP contribution >= 0.6 is 0 Å². The van der Waals surface area contributed by atoms with Gasteiger partial charge in [0.2, 0.25) is 0 Å². The fraction of sp³-hybridized carbons (Fsp3) is 0.562. The summed E-state index contributed by atoms with van der Waals surface area (Å²) in [4.78, 5) is 14.4. The van der Waals surface area contributed by atoms with Gasteiger partial charge in [0.25, 0.3) is 5.91 Å². The molecular formula is C16H24N2O. The molecule has 0 aliphatic heterocycles. The Morgan fingerprint density at radius 2 is 1.89 bits per heavy atom. The van der Waals surface area contributed by atoms with Gasteiger partial charge in [0.15, 0.2) is 0 Å². The lowest BCUT2D eigenvalue weighted by Gasteiger charge is -2.33. The van der Waals surface area contributed by atoms with Crippen molar-refractivity contribution in [1.82, 2.24) is 4.90 Å². The Hall–Kier alpha value is -1.51. The molecule has 3 heteroatoms. The van der Waals surface area contributed by atoms with Crippen LogP contribution in [0.4, 0.5) is 5.69 Å². The number of amides is 1. The number of hydrogen-bond acceptors (Lipinski definition) is 2. The number of aryl methyl sites for hydroxylation is 1. The number of nitrogen functional groups attached to an aromatic ring is 1. The summed E-state index contributed by atoms with van der Waals surface area (Å²) < 4.78 is 0. The third-order valence-corrected chi connectivity index (χ3v) is 4.29. The van der Waals surface area contributed by atoms with E-state index in [1.807, 2.05) is 37.1 Å². The van der Waals surface area contributed by atoms with Crippen molar-refractivity contribution in [2.24, 2.45) is 5.92 Å². The highest BCUT2D eigenvalue weighted by molar-refractivity contribution is 5.99. The largest absolute Gasteiger partial charge is 0.398 e. The van der Waals surface area contributed by atoms with Crippen molar-refractivity contribution in [1.29, 1.82) is 0 Å². The number of carbonyl (C=O) groups is 1. The van der Waals surface area contributed by atoms with Crippen LogP contribution in [-0.4, -0.2) is 23.9 Å². The van der Waals surface area contributed by atoms with Gasteiger partial charge in [-0.05, 0) is 56.2 Å². The lowest BCUT2D eigenvalue weighted by molar-refractivity contribution is 0.0680. The number of anilines is 1. The van der Waals surface area contributed by atoms with Gasteiger partial charge in [0.1, 0.15) is 0 Å². The Morgan fingerprint density at radius 1 is 1.26 bits per heavy atom. The molecule has 0 radical (unpaired) electrons. The summed E-state index contributed by atoms with van der Waals surface area (Å²) in [6.45, 7) is 4.27. The van der Waals surface area contributed by atoms with Gasteiger partial charge in [-0.15, -0.1) is 0 Å². The van der Waals surface area contributed by atoms with Crippen molar-refractivity contribution >= 4 is 11.6 Å². The van der Waals surface area contributed by atoms with Gasteiger partial charge in [0.05, 0.1) is 5.56 Å². The highest BCUT2D eigenvalue weighted by Gasteiger charge is 2.26. The number of carbonyl (C=O) groups excluding carboxylic acids is 1. The Labute approximate surface area is 115 Å². The van der Waals surface area contributed by atoms with Crippen LogP contribution in [0.15, 0.2) is 18.2 Å². The Morgan fingerprint density at radius 3 is 2.47 bits per heavy atom. The van der Waals surface area contributed by atoms with Crippen LogP contribution in [0.25, 0.3) is 0 Å². The van der Waals surface area contributed by atoms with Crippen LogP contribution in [0.2, 0.25) is 0 Å². The summed E-state index contributed by atoms with van der Waals surface area (Å²) in [6.07, 6.45) is 4.64. The maximum Gasteiger partial charge on any atom is 0.255 e. The molecule has 0 spiro atoms. The maximum absolute atomic E-state index is 12.5. The molecular weight excluding hydrogens is 236 g/mol. The van der Waals surface area contributed by atoms with E-state index in [1.54, 1.807) is 0 Å². The van der Waals surface area contributed by atoms with Crippen LogP contribution in [-0.2, 0) is 0 Å². The van der Waals surface area contributed by atoms with Gasteiger partial charge in [-0.25, -0.2) is 0 Å². The van der Waals surface area contributed by atoms with Crippen LogP contribution in [0.5, 0.6) is 0 Å². The molecule has 3 nitrogen and oxygen atoms in total. The second-order valence-corrected chi connectivity index (χ2v) is 5.92. The molecule has 0 unspecified atom stereocenters. The molecule has 1 fully saturated rings. The molecule has 2 rings (SSSR count). The van der Waals surface area contributed by atoms with E-state index in [2.05, 4.69) is 6.92 Å². The van der Waals surface area contributed by atoms with Gasteiger partial charge in [-0.3, -0.25) is 4.79 Å². The zero-order valence-electron chi connectivity index (χ0n) is 12.1. The second-order valence-electron chi connectivity index (χ2n) is 5.92. The van der Waals surface area contributed by atoms with Crippen molar-refractivity contribution in [2.75, 3.05) is 12.8 Å². The van der Waals surface area contributed by atoms with Crippen molar-refractivity contribution < 1.29 is 4.79 Å². The molecule has 1 aliphatic carbocycles. The SMILES string of the molecule is Cc1ccc(C(=O)N(C)C2CCC(C)CC2)c(N)c1. The van der Waals surface area contributed by atoms with E-state index >= 15 is 0 Å². The van der Waals surface area contributed by atoms with Gasteiger partial charge < -0.3 is 10.6 Å². The third-order valence-electron chi connectivity index (χ3n) is 4.29. The van der Waals surface area contributed by atoms with Crippen molar-refractivity contribution in [2.45, 2.75) is 45.6 Å². The van der Waals surface area contributed by atoms with Crippen LogP contribution in [0.3, 0.4) is 0 Å². The van der Waals surface area contributed by atoms with Gasteiger partial charge in [-0.1, -0.05) is 13.0 Å². The number of nitrogens with zero attached hydrogens (tertiary/aromatic N) is 1. The molecule has 2 N–H and O–H groups in total. The molecule has 0 heterocycles. The smallest absolute Gasteiger partial charge is 0.255 e. The number of nitrogens with two attached hydrogens (primary N) is 1. The second kappa shape index (κ2) is 5.64. The minimum Gasteiger partial charge on any atom is -0.398 e. The molecule has 104 valence electrons. The molecule has 1 aliphatic rings. The molecule has 1 aromatic carbocycles.